The van der Waals surface area contributed by atoms with Crippen LogP contribution in [0.3, 0.4) is 0 Å². The Hall–Kier alpha value is -2.21. The molecule has 1 N–H and O–H groups in total. The molecule has 1 aliphatic rings. The third kappa shape index (κ3) is 4.49. The summed E-state index contributed by atoms with van der Waals surface area (Å²) in [6.45, 7) is 8.48. The van der Waals surface area contributed by atoms with Crippen molar-refractivity contribution in [3.63, 3.8) is 0 Å². The van der Waals surface area contributed by atoms with E-state index in [0.717, 1.165) is 44.0 Å². The molecule has 0 unspecified atom stereocenters. The largest absolute Gasteiger partial charge is 0.492 e. The maximum absolute atomic E-state index is 12.4. The van der Waals surface area contributed by atoms with Crippen molar-refractivity contribution in [2.75, 3.05) is 37.7 Å². The molecule has 1 saturated heterocycles. The minimum Gasteiger partial charge on any atom is -0.492 e. The maximum atomic E-state index is 12.4. The quantitative estimate of drug-likeness (QED) is 0.839. The molecule has 26 heavy (non-hydrogen) atoms. The van der Waals surface area contributed by atoms with Gasteiger partial charge in [-0.25, -0.2) is 4.79 Å². The van der Waals surface area contributed by atoms with Gasteiger partial charge in [0.1, 0.15) is 5.75 Å². The highest BCUT2D eigenvalue weighted by Crippen LogP contribution is 2.28. The number of nitrogens with zero attached hydrogens (tertiary/aromatic N) is 2. The molecule has 2 aromatic rings. The number of aryl methyl sites for hydroxylation is 1. The van der Waals surface area contributed by atoms with Crippen LogP contribution in [0, 0.1) is 0 Å². The molecule has 140 valence electrons. The molecular weight excluding hydrogens is 346 g/mol. The van der Waals surface area contributed by atoms with Crippen molar-refractivity contribution < 1.29 is 9.53 Å². The Morgan fingerprint density at radius 3 is 2.50 bits per heavy atom. The summed E-state index contributed by atoms with van der Waals surface area (Å²) in [5.41, 5.74) is 1.11. The minimum absolute atomic E-state index is 0.0224. The predicted octanol–water partition coefficient (Wildman–Crippen LogP) is 3.74. The van der Waals surface area contributed by atoms with Crippen molar-refractivity contribution >= 4 is 23.1 Å². The Labute approximate surface area is 159 Å². The van der Waals surface area contributed by atoms with Gasteiger partial charge in [-0.1, -0.05) is 19.1 Å². The van der Waals surface area contributed by atoms with E-state index >= 15 is 0 Å². The number of carbonyl (C=O) groups excluding carboxylic acids is 1. The highest BCUT2D eigenvalue weighted by molar-refractivity contribution is 7.11. The third-order valence-corrected chi connectivity index (χ3v) is 5.78. The molecule has 0 atom stereocenters. The van der Waals surface area contributed by atoms with Crippen LogP contribution >= 0.6 is 11.3 Å². The molecule has 1 aromatic carbocycles. The van der Waals surface area contributed by atoms with Gasteiger partial charge in [0, 0.05) is 35.9 Å². The van der Waals surface area contributed by atoms with Crippen LogP contribution < -0.4 is 15.0 Å². The fourth-order valence-corrected chi connectivity index (χ4v) is 4.03. The van der Waals surface area contributed by atoms with Crippen LogP contribution in [0.4, 0.5) is 10.5 Å². The third-order valence-electron chi connectivity index (χ3n) is 4.55. The van der Waals surface area contributed by atoms with E-state index in [4.69, 9.17) is 4.74 Å². The molecule has 1 aromatic heterocycles. The zero-order valence-corrected chi connectivity index (χ0v) is 16.3. The first-order chi connectivity index (χ1) is 12.7. The normalized spacial score (nSPS) is 14.4. The van der Waals surface area contributed by atoms with Gasteiger partial charge in [-0.3, -0.25) is 0 Å². The maximum Gasteiger partial charge on any atom is 0.317 e. The summed E-state index contributed by atoms with van der Waals surface area (Å²) in [5, 5.41) is 3.05. The monoisotopic (exact) mass is 373 g/mol. The van der Waals surface area contributed by atoms with Crippen molar-refractivity contribution in [2.24, 2.45) is 0 Å². The molecule has 0 radical (unpaired) electrons. The van der Waals surface area contributed by atoms with Gasteiger partial charge in [-0.05, 0) is 37.6 Å². The number of rotatable bonds is 6. The number of carbonyl (C=O) groups is 1. The van der Waals surface area contributed by atoms with Crippen molar-refractivity contribution in [3.8, 4) is 5.75 Å². The van der Waals surface area contributed by atoms with Gasteiger partial charge in [-0.15, -0.1) is 11.3 Å². The second kappa shape index (κ2) is 8.94. The van der Waals surface area contributed by atoms with Crippen LogP contribution in [0.1, 0.15) is 23.6 Å². The lowest BCUT2D eigenvalue weighted by Crippen LogP contribution is -2.51. The van der Waals surface area contributed by atoms with Gasteiger partial charge in [0.25, 0.3) is 0 Å². The summed E-state index contributed by atoms with van der Waals surface area (Å²) in [6, 6.07) is 12.4. The number of nitrogens with one attached hydrogen (secondary N) is 1. The van der Waals surface area contributed by atoms with Gasteiger partial charge in [0.15, 0.2) is 0 Å². The molecule has 0 aliphatic carbocycles. The van der Waals surface area contributed by atoms with Gasteiger partial charge in [0.2, 0.25) is 0 Å². The molecule has 6 heteroatoms. The first kappa shape index (κ1) is 18.6. The van der Waals surface area contributed by atoms with Crippen molar-refractivity contribution in [1.82, 2.24) is 10.2 Å². The zero-order chi connectivity index (χ0) is 18.4. The van der Waals surface area contributed by atoms with Gasteiger partial charge in [-0.2, -0.15) is 0 Å². The van der Waals surface area contributed by atoms with Gasteiger partial charge >= 0.3 is 6.03 Å². The fourth-order valence-electron chi connectivity index (χ4n) is 3.13. The molecule has 0 spiro atoms. The summed E-state index contributed by atoms with van der Waals surface area (Å²) in [7, 11) is 0. The van der Waals surface area contributed by atoms with Crippen LogP contribution in [-0.2, 0) is 13.0 Å². The lowest BCUT2D eigenvalue weighted by Gasteiger charge is -2.36. The number of benzene rings is 1. The summed E-state index contributed by atoms with van der Waals surface area (Å²) in [6.07, 6.45) is 1.05. The Morgan fingerprint density at radius 2 is 1.81 bits per heavy atom. The number of anilines is 1. The molecule has 2 amide bonds. The van der Waals surface area contributed by atoms with E-state index in [1.54, 1.807) is 11.3 Å². The fraction of sp³-hybridized carbons (Fsp3) is 0.450. The SMILES string of the molecule is CCOc1ccccc1N1CCN(C(=O)NCc2ccc(CC)s2)CC1. The average molecular weight is 374 g/mol. The smallest absolute Gasteiger partial charge is 0.317 e. The molecule has 2 heterocycles. The Morgan fingerprint density at radius 1 is 1.08 bits per heavy atom. The molecule has 3 rings (SSSR count). The van der Waals surface area contributed by atoms with E-state index in [9.17, 15) is 4.79 Å². The van der Waals surface area contributed by atoms with E-state index in [0.29, 0.717) is 13.2 Å². The number of thiophene rings is 1. The molecule has 0 bridgehead atoms. The van der Waals surface area contributed by atoms with E-state index in [1.165, 1.54) is 9.75 Å². The molecular formula is C20H27N3O2S. The number of urea groups is 1. The van der Waals surface area contributed by atoms with Crippen molar-refractivity contribution in [3.05, 3.63) is 46.2 Å². The summed E-state index contributed by atoms with van der Waals surface area (Å²) in [4.78, 5) is 19.2. The second-order valence-corrected chi connectivity index (χ2v) is 7.51. The standard InChI is InChI=1S/C20H27N3O2S/c1-3-16-9-10-17(26-16)15-21-20(24)23-13-11-22(12-14-23)18-7-5-6-8-19(18)25-4-2/h5-10H,3-4,11-15H2,1-2H3,(H,21,24). The van der Waals surface area contributed by atoms with E-state index in [2.05, 4.69) is 35.3 Å². The minimum atomic E-state index is 0.0224. The summed E-state index contributed by atoms with van der Waals surface area (Å²) in [5.74, 6) is 0.914. The Bertz CT molecular complexity index is 723. The highest BCUT2D eigenvalue weighted by atomic mass is 32.1. The zero-order valence-electron chi connectivity index (χ0n) is 15.5. The lowest BCUT2D eigenvalue weighted by atomic mass is 10.2. The highest BCUT2D eigenvalue weighted by Gasteiger charge is 2.22. The Balaban J connectivity index is 1.51. The Kier molecular flexibility index (Phi) is 6.39. The van der Waals surface area contributed by atoms with Crippen LogP contribution in [0.15, 0.2) is 36.4 Å². The first-order valence-corrected chi connectivity index (χ1v) is 10.1. The average Bonchev–Trinajstić information content (AvgIpc) is 3.15. The first-order valence-electron chi connectivity index (χ1n) is 9.28. The van der Waals surface area contributed by atoms with Crippen LogP contribution in [0.25, 0.3) is 0 Å². The van der Waals surface area contributed by atoms with Crippen LogP contribution in [0.2, 0.25) is 0 Å². The van der Waals surface area contributed by atoms with Crippen LogP contribution in [0.5, 0.6) is 5.75 Å². The summed E-state index contributed by atoms with van der Waals surface area (Å²) < 4.78 is 5.73. The molecule has 1 aliphatic heterocycles. The van der Waals surface area contributed by atoms with Crippen molar-refractivity contribution in [2.45, 2.75) is 26.8 Å². The number of piperazine rings is 1. The van der Waals surface area contributed by atoms with Gasteiger partial charge < -0.3 is 19.9 Å². The number of para-hydroxylation sites is 2. The topological polar surface area (TPSA) is 44.8 Å². The van der Waals surface area contributed by atoms with Crippen molar-refractivity contribution in [1.29, 1.82) is 0 Å². The number of amides is 2. The number of hydrogen-bond donors (Lipinski definition) is 1. The summed E-state index contributed by atoms with van der Waals surface area (Å²) >= 11 is 1.77. The molecule has 1 fully saturated rings. The van der Waals surface area contributed by atoms with E-state index in [1.807, 2.05) is 30.0 Å². The number of ether oxygens (including phenoxy) is 1. The second-order valence-electron chi connectivity index (χ2n) is 6.26. The molecule has 0 saturated carbocycles. The van der Waals surface area contributed by atoms with E-state index in [-0.39, 0.29) is 6.03 Å². The van der Waals surface area contributed by atoms with Crippen LogP contribution in [-0.4, -0.2) is 43.7 Å². The van der Waals surface area contributed by atoms with E-state index < -0.39 is 0 Å². The predicted molar refractivity (Wildman–Crippen MR) is 107 cm³/mol. The van der Waals surface area contributed by atoms with Gasteiger partial charge in [0.05, 0.1) is 18.8 Å². The number of hydrogen-bond acceptors (Lipinski definition) is 4. The molecule has 5 nitrogen and oxygen atoms in total. The lowest BCUT2D eigenvalue weighted by molar-refractivity contribution is 0.194.